The second-order valence-corrected chi connectivity index (χ2v) is 2.46. The predicted octanol–water partition coefficient (Wildman–Crippen LogP) is 2.46. The van der Waals surface area contributed by atoms with Crippen LogP contribution >= 0.6 is 12.6 Å². The minimum absolute atomic E-state index is 0.142. The van der Waals surface area contributed by atoms with Gasteiger partial charge in [0, 0.05) is 6.42 Å². The molecule has 0 aliphatic heterocycles. The van der Waals surface area contributed by atoms with Crippen LogP contribution in [0, 0.1) is 0 Å². The van der Waals surface area contributed by atoms with Crippen molar-refractivity contribution in [3.05, 3.63) is 11.6 Å². The quantitative estimate of drug-likeness (QED) is 0.555. The Morgan fingerprint density at radius 1 is 1.56 bits per heavy atom. The van der Waals surface area contributed by atoms with Crippen LogP contribution in [0.25, 0.3) is 0 Å². The molecule has 0 bridgehead atoms. The first-order valence-electron chi connectivity index (χ1n) is 2.98. The molecule has 0 spiro atoms. The second kappa shape index (κ2) is 4.50. The minimum Gasteiger partial charge on any atom is -0.282 e. The fraction of sp³-hybridized carbons (Fsp3) is 0.571. The lowest BCUT2D eigenvalue weighted by Gasteiger charge is -1.93. The molecule has 1 nitrogen and oxygen atoms in total. The molecule has 1 radical (unpaired) electrons. The van der Waals surface area contributed by atoms with Crippen LogP contribution in [0.15, 0.2) is 11.6 Å². The van der Waals surface area contributed by atoms with E-state index in [1.54, 1.807) is 0 Å². The van der Waals surface area contributed by atoms with Crippen LogP contribution < -0.4 is 0 Å². The third kappa shape index (κ3) is 5.50. The molecule has 0 heterocycles. The average molecular weight is 143 g/mol. The number of allylic oxidation sites excluding steroid dienone is 2. The van der Waals surface area contributed by atoms with Gasteiger partial charge < -0.3 is 0 Å². The van der Waals surface area contributed by atoms with E-state index in [-0.39, 0.29) is 5.12 Å². The fourth-order valence-electron chi connectivity index (χ4n) is 0.444. The molecule has 51 valence electrons. The minimum atomic E-state index is -0.142. The first-order chi connectivity index (χ1) is 4.16. The highest BCUT2D eigenvalue weighted by Crippen LogP contribution is 2.04. The number of hydrogen-bond acceptors (Lipinski definition) is 1. The molecule has 0 rings (SSSR count). The second-order valence-electron chi connectivity index (χ2n) is 2.01. The smallest absolute Gasteiger partial charge is 0.219 e. The van der Waals surface area contributed by atoms with E-state index in [9.17, 15) is 4.79 Å². The first kappa shape index (κ1) is 8.63. The van der Waals surface area contributed by atoms with E-state index in [1.165, 1.54) is 5.57 Å². The van der Waals surface area contributed by atoms with Crippen molar-refractivity contribution in [2.24, 2.45) is 0 Å². The molecule has 0 aromatic rings. The van der Waals surface area contributed by atoms with Gasteiger partial charge in [0.15, 0.2) is 0 Å². The molecule has 0 unspecified atom stereocenters. The molecule has 0 saturated carbocycles. The normalized spacial score (nSPS) is 11.6. The largest absolute Gasteiger partial charge is 0.282 e. The summed E-state index contributed by atoms with van der Waals surface area (Å²) in [6, 6.07) is 0. The average Bonchev–Trinajstić information content (AvgIpc) is 1.83. The van der Waals surface area contributed by atoms with E-state index in [2.05, 4.69) is 12.6 Å². The van der Waals surface area contributed by atoms with E-state index in [0.717, 1.165) is 6.42 Å². The fourth-order valence-corrected chi connectivity index (χ4v) is 0.546. The molecule has 9 heavy (non-hydrogen) atoms. The van der Waals surface area contributed by atoms with Crippen molar-refractivity contribution in [2.75, 3.05) is 0 Å². The summed E-state index contributed by atoms with van der Waals surface area (Å²) in [5, 5.41) is -0.142. The Kier molecular flexibility index (Phi) is 4.32. The van der Waals surface area contributed by atoms with Crippen LogP contribution in [0.3, 0.4) is 0 Å². The van der Waals surface area contributed by atoms with Crippen LogP contribution in [-0.4, -0.2) is 5.12 Å². The van der Waals surface area contributed by atoms with Crippen LogP contribution in [0.4, 0.5) is 0 Å². The molecular weight excluding hydrogens is 132 g/mol. The standard InChI is InChI=1S/C7H11OS/c1-3-6(2)4-5-7(8)9/h3H,4-5H2,1-2H3. The summed E-state index contributed by atoms with van der Waals surface area (Å²) in [7, 11) is 0. The van der Waals surface area contributed by atoms with Gasteiger partial charge in [-0.05, 0) is 32.9 Å². The summed E-state index contributed by atoms with van der Waals surface area (Å²) in [6.07, 6.45) is 3.32. The van der Waals surface area contributed by atoms with Crippen molar-refractivity contribution in [3.8, 4) is 0 Å². The van der Waals surface area contributed by atoms with Crippen LogP contribution in [0.1, 0.15) is 26.7 Å². The maximum atomic E-state index is 10.3. The molecule has 0 N–H and O–H groups in total. The molecule has 0 atom stereocenters. The molecule has 0 amide bonds. The van der Waals surface area contributed by atoms with Gasteiger partial charge in [0.05, 0.1) is 0 Å². The van der Waals surface area contributed by atoms with Crippen molar-refractivity contribution in [1.82, 2.24) is 0 Å². The Morgan fingerprint density at radius 3 is 2.44 bits per heavy atom. The summed E-state index contributed by atoms with van der Waals surface area (Å²) in [5.74, 6) is 0. The SMILES string of the molecule is CC=C(C)CCC(=O)[S]. The van der Waals surface area contributed by atoms with Crippen molar-refractivity contribution in [2.45, 2.75) is 26.7 Å². The summed E-state index contributed by atoms with van der Waals surface area (Å²) in [6.45, 7) is 3.96. The van der Waals surface area contributed by atoms with Crippen LogP contribution in [-0.2, 0) is 4.79 Å². The number of hydrogen-bond donors (Lipinski definition) is 0. The summed E-state index contributed by atoms with van der Waals surface area (Å²) in [4.78, 5) is 10.3. The van der Waals surface area contributed by atoms with Crippen molar-refractivity contribution < 1.29 is 4.79 Å². The Bertz CT molecular complexity index is 127. The lowest BCUT2D eigenvalue weighted by molar-refractivity contribution is -0.110. The molecule has 0 aromatic heterocycles. The zero-order valence-corrected chi connectivity index (χ0v) is 6.62. The van der Waals surface area contributed by atoms with E-state index in [0.29, 0.717) is 6.42 Å². The van der Waals surface area contributed by atoms with Gasteiger partial charge in [-0.15, -0.1) is 0 Å². The summed E-state index contributed by atoms with van der Waals surface area (Å²) in [5.41, 5.74) is 1.23. The van der Waals surface area contributed by atoms with Crippen molar-refractivity contribution in [3.63, 3.8) is 0 Å². The van der Waals surface area contributed by atoms with Crippen molar-refractivity contribution in [1.29, 1.82) is 0 Å². The maximum Gasteiger partial charge on any atom is 0.219 e. The molecule has 2 heteroatoms. The van der Waals surface area contributed by atoms with Gasteiger partial charge in [-0.25, -0.2) is 0 Å². The Morgan fingerprint density at radius 2 is 2.11 bits per heavy atom. The lowest BCUT2D eigenvalue weighted by Crippen LogP contribution is -1.85. The van der Waals surface area contributed by atoms with Gasteiger partial charge in [-0.1, -0.05) is 11.6 Å². The summed E-state index contributed by atoms with van der Waals surface area (Å²) < 4.78 is 0. The first-order valence-corrected chi connectivity index (χ1v) is 3.39. The van der Waals surface area contributed by atoms with Gasteiger partial charge in [0.1, 0.15) is 0 Å². The van der Waals surface area contributed by atoms with Crippen LogP contribution in [0.5, 0.6) is 0 Å². The zero-order valence-electron chi connectivity index (χ0n) is 5.81. The predicted molar refractivity (Wildman–Crippen MR) is 41.3 cm³/mol. The van der Waals surface area contributed by atoms with E-state index >= 15 is 0 Å². The highest BCUT2D eigenvalue weighted by molar-refractivity contribution is 7.96. The van der Waals surface area contributed by atoms with Gasteiger partial charge >= 0.3 is 0 Å². The molecule has 0 aromatic carbocycles. The Labute approximate surface area is 61.6 Å². The van der Waals surface area contributed by atoms with E-state index < -0.39 is 0 Å². The van der Waals surface area contributed by atoms with Gasteiger partial charge in [0.2, 0.25) is 5.12 Å². The lowest BCUT2D eigenvalue weighted by atomic mass is 10.2. The summed E-state index contributed by atoms with van der Waals surface area (Å²) >= 11 is 4.38. The van der Waals surface area contributed by atoms with Gasteiger partial charge in [-0.3, -0.25) is 4.79 Å². The third-order valence-electron chi connectivity index (χ3n) is 1.22. The van der Waals surface area contributed by atoms with Crippen LogP contribution in [0.2, 0.25) is 0 Å². The molecular formula is C7H11OS. The van der Waals surface area contributed by atoms with E-state index in [1.807, 2.05) is 19.9 Å². The number of rotatable bonds is 3. The zero-order chi connectivity index (χ0) is 7.28. The Hall–Kier alpha value is -0.370. The number of carbonyl (C=O) groups is 1. The topological polar surface area (TPSA) is 17.1 Å². The molecule has 0 fully saturated rings. The van der Waals surface area contributed by atoms with Gasteiger partial charge in [0.25, 0.3) is 0 Å². The Balaban J connectivity index is 3.39. The van der Waals surface area contributed by atoms with Gasteiger partial charge in [-0.2, -0.15) is 0 Å². The van der Waals surface area contributed by atoms with Crippen molar-refractivity contribution >= 4 is 17.7 Å². The maximum absolute atomic E-state index is 10.3. The number of carbonyl (C=O) groups excluding carboxylic acids is 1. The molecule has 0 aliphatic carbocycles. The van der Waals surface area contributed by atoms with E-state index in [4.69, 9.17) is 0 Å². The third-order valence-corrected chi connectivity index (χ3v) is 1.42. The monoisotopic (exact) mass is 143 g/mol. The molecule has 0 saturated heterocycles. The highest BCUT2D eigenvalue weighted by Gasteiger charge is 1.94. The highest BCUT2D eigenvalue weighted by atomic mass is 32.1. The molecule has 0 aliphatic rings.